The molecule has 0 amide bonds. The average Bonchev–Trinajstić information content (AvgIpc) is 2.92. The van der Waals surface area contributed by atoms with E-state index in [2.05, 4.69) is 20.4 Å². The Hall–Kier alpha value is -2.21. The summed E-state index contributed by atoms with van der Waals surface area (Å²) in [7, 11) is 0. The van der Waals surface area contributed by atoms with E-state index in [1.807, 2.05) is 16.8 Å². The first-order valence-electron chi connectivity index (χ1n) is 6.83. The maximum atomic E-state index is 5.39. The number of imidazole rings is 1. The summed E-state index contributed by atoms with van der Waals surface area (Å²) in [6, 6.07) is 4.27. The molecule has 3 aromatic rings. The van der Waals surface area contributed by atoms with E-state index < -0.39 is 0 Å². The summed E-state index contributed by atoms with van der Waals surface area (Å²) in [6.07, 6.45) is 7.40. The lowest BCUT2D eigenvalue weighted by Crippen LogP contribution is -2.33. The molecule has 6 nitrogen and oxygen atoms in total. The standard InChI is InChI=1S/C14H15N5O/c1-2-11-13(15-5-1)14-12(8-16-11)17-9-19(14)18-10-3-6-20-7-4-10/h1-2,5,8-10,18H,3-4,6-7H2. The van der Waals surface area contributed by atoms with Gasteiger partial charge in [0.25, 0.3) is 0 Å². The van der Waals surface area contributed by atoms with Gasteiger partial charge in [-0.25, -0.2) is 9.66 Å². The molecule has 0 spiro atoms. The average molecular weight is 269 g/mol. The molecule has 0 unspecified atom stereocenters. The zero-order valence-corrected chi connectivity index (χ0v) is 11.0. The van der Waals surface area contributed by atoms with Crippen LogP contribution >= 0.6 is 0 Å². The first-order chi connectivity index (χ1) is 9.92. The monoisotopic (exact) mass is 269 g/mol. The van der Waals surface area contributed by atoms with Crippen LogP contribution in [0.15, 0.2) is 30.9 Å². The van der Waals surface area contributed by atoms with Gasteiger partial charge in [0.1, 0.15) is 22.9 Å². The SMILES string of the molecule is c1cnc2c(c1)ncc1ncn(NC3CCOCC3)c12. The molecule has 4 heterocycles. The summed E-state index contributed by atoms with van der Waals surface area (Å²) < 4.78 is 7.36. The van der Waals surface area contributed by atoms with Crippen LogP contribution in [0.1, 0.15) is 12.8 Å². The Bertz CT molecular complexity index is 747. The summed E-state index contributed by atoms with van der Waals surface area (Å²) in [4.78, 5) is 13.2. The van der Waals surface area contributed by atoms with Gasteiger partial charge in [0, 0.05) is 25.5 Å². The van der Waals surface area contributed by atoms with Crippen LogP contribution in [-0.4, -0.2) is 38.9 Å². The third-order valence-corrected chi connectivity index (χ3v) is 3.68. The fourth-order valence-electron chi connectivity index (χ4n) is 2.63. The van der Waals surface area contributed by atoms with Crippen molar-refractivity contribution in [2.45, 2.75) is 18.9 Å². The minimum atomic E-state index is 0.410. The van der Waals surface area contributed by atoms with E-state index in [9.17, 15) is 0 Å². The Morgan fingerprint density at radius 2 is 2.05 bits per heavy atom. The molecule has 20 heavy (non-hydrogen) atoms. The van der Waals surface area contributed by atoms with E-state index in [4.69, 9.17) is 4.74 Å². The lowest BCUT2D eigenvalue weighted by molar-refractivity contribution is 0.0881. The molecule has 0 radical (unpaired) electrons. The molecular formula is C14H15N5O. The van der Waals surface area contributed by atoms with Crippen LogP contribution in [0.3, 0.4) is 0 Å². The van der Waals surface area contributed by atoms with Gasteiger partial charge >= 0.3 is 0 Å². The molecule has 0 bridgehead atoms. The highest BCUT2D eigenvalue weighted by Crippen LogP contribution is 2.20. The van der Waals surface area contributed by atoms with E-state index in [0.29, 0.717) is 6.04 Å². The summed E-state index contributed by atoms with van der Waals surface area (Å²) >= 11 is 0. The number of rotatable bonds is 2. The van der Waals surface area contributed by atoms with Gasteiger partial charge in [-0.05, 0) is 25.0 Å². The summed E-state index contributed by atoms with van der Waals surface area (Å²) in [6.45, 7) is 1.62. The van der Waals surface area contributed by atoms with Crippen molar-refractivity contribution in [3.63, 3.8) is 0 Å². The molecule has 6 heteroatoms. The van der Waals surface area contributed by atoms with E-state index >= 15 is 0 Å². The molecular weight excluding hydrogens is 254 g/mol. The van der Waals surface area contributed by atoms with Crippen molar-refractivity contribution in [1.82, 2.24) is 19.6 Å². The highest BCUT2D eigenvalue weighted by molar-refractivity contribution is 5.99. The van der Waals surface area contributed by atoms with Gasteiger partial charge in [-0.3, -0.25) is 9.97 Å². The molecule has 0 saturated carbocycles. The number of ether oxygens (including phenoxy) is 1. The summed E-state index contributed by atoms with van der Waals surface area (Å²) in [5.74, 6) is 0. The van der Waals surface area contributed by atoms with Crippen LogP contribution in [-0.2, 0) is 4.74 Å². The number of nitrogens with one attached hydrogen (secondary N) is 1. The van der Waals surface area contributed by atoms with Crippen molar-refractivity contribution in [2.24, 2.45) is 0 Å². The van der Waals surface area contributed by atoms with Gasteiger partial charge in [-0.1, -0.05) is 0 Å². The Balaban J connectivity index is 1.80. The van der Waals surface area contributed by atoms with E-state index in [0.717, 1.165) is 48.1 Å². The number of aromatic nitrogens is 4. The van der Waals surface area contributed by atoms with Crippen molar-refractivity contribution in [2.75, 3.05) is 18.6 Å². The van der Waals surface area contributed by atoms with Crippen LogP contribution in [0.4, 0.5) is 0 Å². The molecule has 1 N–H and O–H groups in total. The largest absolute Gasteiger partial charge is 0.381 e. The number of fused-ring (bicyclic) bond motifs is 3. The first-order valence-corrected chi connectivity index (χ1v) is 6.83. The lowest BCUT2D eigenvalue weighted by atomic mass is 10.1. The first kappa shape index (κ1) is 11.6. The Morgan fingerprint density at radius 3 is 2.95 bits per heavy atom. The fraction of sp³-hybridized carbons (Fsp3) is 0.357. The molecule has 0 aliphatic carbocycles. The van der Waals surface area contributed by atoms with Crippen LogP contribution in [0.5, 0.6) is 0 Å². The predicted octanol–water partition coefficient (Wildman–Crippen LogP) is 1.70. The van der Waals surface area contributed by atoms with Crippen LogP contribution in [0.2, 0.25) is 0 Å². The predicted molar refractivity (Wildman–Crippen MR) is 76.0 cm³/mol. The maximum Gasteiger partial charge on any atom is 0.119 e. The lowest BCUT2D eigenvalue weighted by Gasteiger charge is -2.24. The zero-order valence-electron chi connectivity index (χ0n) is 11.0. The van der Waals surface area contributed by atoms with E-state index in [-0.39, 0.29) is 0 Å². The second-order valence-electron chi connectivity index (χ2n) is 4.99. The third kappa shape index (κ3) is 1.89. The van der Waals surface area contributed by atoms with Crippen molar-refractivity contribution < 1.29 is 4.74 Å². The van der Waals surface area contributed by atoms with E-state index in [1.54, 1.807) is 18.7 Å². The zero-order chi connectivity index (χ0) is 13.4. The van der Waals surface area contributed by atoms with Gasteiger partial charge < -0.3 is 10.2 Å². The second-order valence-corrected chi connectivity index (χ2v) is 4.99. The minimum Gasteiger partial charge on any atom is -0.381 e. The number of nitrogens with zero attached hydrogens (tertiary/aromatic N) is 4. The van der Waals surface area contributed by atoms with Crippen LogP contribution in [0.25, 0.3) is 22.1 Å². The number of hydrogen-bond acceptors (Lipinski definition) is 5. The Labute approximate surface area is 115 Å². The van der Waals surface area contributed by atoms with Crippen molar-refractivity contribution in [3.05, 3.63) is 30.9 Å². The molecule has 0 atom stereocenters. The highest BCUT2D eigenvalue weighted by atomic mass is 16.5. The minimum absolute atomic E-state index is 0.410. The Kier molecular flexibility index (Phi) is 2.74. The van der Waals surface area contributed by atoms with Gasteiger partial charge in [0.2, 0.25) is 0 Å². The molecule has 3 aromatic heterocycles. The van der Waals surface area contributed by atoms with Crippen LogP contribution < -0.4 is 5.43 Å². The molecule has 4 rings (SSSR count). The van der Waals surface area contributed by atoms with Crippen molar-refractivity contribution in [1.29, 1.82) is 0 Å². The normalized spacial score (nSPS) is 16.8. The van der Waals surface area contributed by atoms with Crippen LogP contribution in [0, 0.1) is 0 Å². The van der Waals surface area contributed by atoms with Crippen molar-refractivity contribution in [3.8, 4) is 0 Å². The quantitative estimate of drug-likeness (QED) is 0.767. The second kappa shape index (κ2) is 4.72. The molecule has 1 aliphatic rings. The molecule has 102 valence electrons. The molecule has 0 aromatic carbocycles. The van der Waals surface area contributed by atoms with Gasteiger partial charge in [-0.15, -0.1) is 0 Å². The smallest absolute Gasteiger partial charge is 0.119 e. The van der Waals surface area contributed by atoms with Gasteiger partial charge in [0.05, 0.1) is 11.7 Å². The number of pyridine rings is 2. The summed E-state index contributed by atoms with van der Waals surface area (Å²) in [5.41, 5.74) is 7.11. The van der Waals surface area contributed by atoms with E-state index in [1.165, 1.54) is 0 Å². The number of hydrogen-bond donors (Lipinski definition) is 1. The molecule has 1 saturated heterocycles. The third-order valence-electron chi connectivity index (χ3n) is 3.68. The summed E-state index contributed by atoms with van der Waals surface area (Å²) in [5, 5.41) is 0. The highest BCUT2D eigenvalue weighted by Gasteiger charge is 2.16. The van der Waals surface area contributed by atoms with Gasteiger partial charge in [0.15, 0.2) is 0 Å². The molecule has 1 aliphatic heterocycles. The fourth-order valence-corrected chi connectivity index (χ4v) is 2.63. The Morgan fingerprint density at radius 1 is 1.15 bits per heavy atom. The topological polar surface area (TPSA) is 64.9 Å². The van der Waals surface area contributed by atoms with Crippen molar-refractivity contribution >= 4 is 22.1 Å². The van der Waals surface area contributed by atoms with Gasteiger partial charge in [-0.2, -0.15) is 0 Å². The molecule has 1 fully saturated rings. The maximum absolute atomic E-state index is 5.39.